The van der Waals surface area contributed by atoms with Crippen LogP contribution < -0.4 is 4.74 Å². The minimum Gasteiger partial charge on any atom is -0.508 e. The number of phenols is 2. The van der Waals surface area contributed by atoms with Crippen molar-refractivity contribution in [2.45, 2.75) is 43.5 Å². The molecule has 9 nitrogen and oxygen atoms in total. The monoisotopic (exact) mass is 420 g/mol. The molecule has 0 spiro atoms. The average Bonchev–Trinajstić information content (AvgIpc) is 2.72. The zero-order valence-electron chi connectivity index (χ0n) is 16.0. The molecule has 1 saturated heterocycles. The number of ketones is 1. The number of rotatable bonds is 7. The van der Waals surface area contributed by atoms with Crippen molar-refractivity contribution in [1.29, 1.82) is 0 Å². The smallest absolute Gasteiger partial charge is 0.229 e. The van der Waals surface area contributed by atoms with Gasteiger partial charge < -0.3 is 40.1 Å². The van der Waals surface area contributed by atoms with Crippen LogP contribution in [0.25, 0.3) is 0 Å². The maximum absolute atomic E-state index is 12.8. The summed E-state index contributed by atoms with van der Waals surface area (Å²) in [5.74, 6) is -1.66. The van der Waals surface area contributed by atoms with Crippen LogP contribution >= 0.6 is 0 Å². The van der Waals surface area contributed by atoms with Gasteiger partial charge in [-0.25, -0.2) is 0 Å². The molecule has 0 aromatic heterocycles. The van der Waals surface area contributed by atoms with Crippen LogP contribution in [0.2, 0.25) is 0 Å². The van der Waals surface area contributed by atoms with Gasteiger partial charge >= 0.3 is 0 Å². The minimum atomic E-state index is -1.71. The van der Waals surface area contributed by atoms with Crippen molar-refractivity contribution in [2.75, 3.05) is 6.61 Å². The Morgan fingerprint density at radius 3 is 2.37 bits per heavy atom. The number of aliphatic hydroxyl groups is 4. The van der Waals surface area contributed by atoms with E-state index in [0.717, 1.165) is 17.7 Å². The van der Waals surface area contributed by atoms with Crippen molar-refractivity contribution in [2.24, 2.45) is 0 Å². The molecule has 6 N–H and O–H groups in total. The summed E-state index contributed by atoms with van der Waals surface area (Å²) in [5.41, 5.74) is 0.696. The normalized spacial score (nSPS) is 26.3. The minimum absolute atomic E-state index is 0.0351. The van der Waals surface area contributed by atoms with E-state index < -0.39 is 54.6 Å². The second-order valence-corrected chi connectivity index (χ2v) is 7.06. The quantitative estimate of drug-likeness (QED) is 0.342. The Hall–Kier alpha value is -2.69. The SMILES string of the molecule is O=C(CCc1ccccc1)c1c(O)cc(O)cc1O[C@@H]1OC(CO)[C@@H](O)[C@@H](O)C1O. The van der Waals surface area contributed by atoms with Crippen LogP contribution in [0, 0.1) is 0 Å². The Labute approximate surface area is 172 Å². The van der Waals surface area contributed by atoms with E-state index in [0.29, 0.717) is 6.42 Å². The predicted molar refractivity (Wildman–Crippen MR) is 103 cm³/mol. The average molecular weight is 420 g/mol. The highest BCUT2D eigenvalue weighted by Gasteiger charge is 2.45. The maximum Gasteiger partial charge on any atom is 0.229 e. The highest BCUT2D eigenvalue weighted by molar-refractivity contribution is 6.01. The van der Waals surface area contributed by atoms with Crippen LogP contribution in [-0.2, 0) is 11.2 Å². The Kier molecular flexibility index (Phi) is 6.91. The van der Waals surface area contributed by atoms with Crippen molar-refractivity contribution in [3.8, 4) is 17.2 Å². The number of carbonyl (C=O) groups is 1. The van der Waals surface area contributed by atoms with E-state index in [2.05, 4.69) is 0 Å². The Morgan fingerprint density at radius 2 is 1.70 bits per heavy atom. The first-order valence-corrected chi connectivity index (χ1v) is 9.42. The van der Waals surface area contributed by atoms with Crippen molar-refractivity contribution >= 4 is 5.78 Å². The van der Waals surface area contributed by atoms with E-state index in [1.807, 2.05) is 30.3 Å². The topological polar surface area (TPSA) is 157 Å². The van der Waals surface area contributed by atoms with Crippen molar-refractivity contribution < 1.29 is 44.9 Å². The standard InChI is InChI=1S/C21H24O9/c22-10-16-18(26)19(27)20(28)21(30-16)29-15-9-12(23)8-14(25)17(15)13(24)7-6-11-4-2-1-3-5-11/h1-5,8-9,16,18-23,25-28H,6-7,10H2/t16?,18-,19-,20?,21-/m1/s1. The Balaban J connectivity index is 1.83. The van der Waals surface area contributed by atoms with Crippen LogP contribution in [0.4, 0.5) is 0 Å². The molecule has 2 aromatic rings. The molecule has 5 atom stereocenters. The second kappa shape index (κ2) is 9.41. The van der Waals surface area contributed by atoms with Crippen molar-refractivity contribution in [3.05, 3.63) is 53.6 Å². The van der Waals surface area contributed by atoms with Crippen LogP contribution in [0.1, 0.15) is 22.3 Å². The van der Waals surface area contributed by atoms with Crippen LogP contribution in [-0.4, -0.2) is 73.7 Å². The molecular weight excluding hydrogens is 396 g/mol. The summed E-state index contributed by atoms with van der Waals surface area (Å²) in [6.07, 6.45) is -7.30. The van der Waals surface area contributed by atoms with Gasteiger partial charge in [-0.3, -0.25) is 4.79 Å². The molecule has 0 saturated carbocycles. The van der Waals surface area contributed by atoms with Crippen LogP contribution in [0.3, 0.4) is 0 Å². The first-order valence-electron chi connectivity index (χ1n) is 9.42. The summed E-state index contributed by atoms with van der Waals surface area (Å²) in [5, 5.41) is 59.3. The molecule has 1 heterocycles. The Morgan fingerprint density at radius 1 is 1.00 bits per heavy atom. The lowest BCUT2D eigenvalue weighted by Gasteiger charge is -2.39. The van der Waals surface area contributed by atoms with Gasteiger partial charge in [0.15, 0.2) is 5.78 Å². The van der Waals surface area contributed by atoms with Crippen LogP contribution in [0.5, 0.6) is 17.2 Å². The zero-order chi connectivity index (χ0) is 21.8. The summed E-state index contributed by atoms with van der Waals surface area (Å²) in [7, 11) is 0. The molecular formula is C21H24O9. The third-order valence-corrected chi connectivity index (χ3v) is 4.92. The number of benzene rings is 2. The molecule has 9 heteroatoms. The molecule has 0 amide bonds. The first-order chi connectivity index (χ1) is 14.3. The largest absolute Gasteiger partial charge is 0.508 e. The highest BCUT2D eigenvalue weighted by atomic mass is 16.7. The second-order valence-electron chi connectivity index (χ2n) is 7.06. The van der Waals surface area contributed by atoms with Gasteiger partial charge in [0.1, 0.15) is 47.2 Å². The number of carbonyl (C=O) groups excluding carboxylic acids is 1. The fourth-order valence-electron chi connectivity index (χ4n) is 3.28. The number of hydrogen-bond acceptors (Lipinski definition) is 9. The number of aliphatic hydroxyl groups excluding tert-OH is 4. The number of aryl methyl sites for hydroxylation is 1. The summed E-state index contributed by atoms with van der Waals surface area (Å²) < 4.78 is 10.8. The first kappa shape index (κ1) is 22.0. The number of hydrogen-bond donors (Lipinski definition) is 6. The van der Waals surface area contributed by atoms with Crippen molar-refractivity contribution in [3.63, 3.8) is 0 Å². The summed E-state index contributed by atoms with van der Waals surface area (Å²) in [4.78, 5) is 12.8. The Bertz CT molecular complexity index is 868. The molecule has 0 radical (unpaired) electrons. The molecule has 2 aromatic carbocycles. The molecule has 2 unspecified atom stereocenters. The van der Waals surface area contributed by atoms with Gasteiger partial charge in [-0.05, 0) is 12.0 Å². The van der Waals surface area contributed by atoms with Gasteiger partial charge in [0.05, 0.1) is 6.61 Å². The van der Waals surface area contributed by atoms with Gasteiger partial charge in [0.2, 0.25) is 6.29 Å². The fourth-order valence-corrected chi connectivity index (χ4v) is 3.28. The maximum atomic E-state index is 12.8. The molecule has 0 aliphatic carbocycles. The van der Waals surface area contributed by atoms with Gasteiger partial charge in [-0.1, -0.05) is 30.3 Å². The molecule has 30 heavy (non-hydrogen) atoms. The summed E-state index contributed by atoms with van der Waals surface area (Å²) in [6.45, 7) is -0.654. The van der Waals surface area contributed by atoms with Crippen LogP contribution in [0.15, 0.2) is 42.5 Å². The molecule has 3 rings (SSSR count). The lowest BCUT2D eigenvalue weighted by Crippen LogP contribution is -2.60. The lowest BCUT2D eigenvalue weighted by molar-refractivity contribution is -0.277. The summed E-state index contributed by atoms with van der Waals surface area (Å²) >= 11 is 0. The van der Waals surface area contributed by atoms with E-state index in [1.54, 1.807) is 0 Å². The molecule has 162 valence electrons. The van der Waals surface area contributed by atoms with Gasteiger partial charge in [0, 0.05) is 18.6 Å². The number of aromatic hydroxyl groups is 2. The third kappa shape index (κ3) is 4.72. The van der Waals surface area contributed by atoms with E-state index in [4.69, 9.17) is 9.47 Å². The molecule has 0 bridgehead atoms. The van der Waals surface area contributed by atoms with E-state index >= 15 is 0 Å². The lowest BCUT2D eigenvalue weighted by atomic mass is 9.99. The van der Waals surface area contributed by atoms with E-state index in [1.165, 1.54) is 0 Å². The molecule has 1 aliphatic heterocycles. The third-order valence-electron chi connectivity index (χ3n) is 4.92. The zero-order valence-corrected chi connectivity index (χ0v) is 16.0. The highest BCUT2D eigenvalue weighted by Crippen LogP contribution is 2.36. The number of Topliss-reactive ketones (excluding diaryl/α,β-unsaturated/α-hetero) is 1. The fraction of sp³-hybridized carbons (Fsp3) is 0.381. The van der Waals surface area contributed by atoms with Gasteiger partial charge in [0.25, 0.3) is 0 Å². The molecule has 1 aliphatic rings. The van der Waals surface area contributed by atoms with Gasteiger partial charge in [-0.2, -0.15) is 0 Å². The number of phenolic OH excluding ortho intramolecular Hbond substituents is 2. The van der Waals surface area contributed by atoms with E-state index in [-0.39, 0.29) is 17.7 Å². The summed E-state index contributed by atoms with van der Waals surface area (Å²) in [6, 6.07) is 11.3. The number of ether oxygens (including phenoxy) is 2. The predicted octanol–water partition coefficient (Wildman–Crippen LogP) is 0.0920. The van der Waals surface area contributed by atoms with Gasteiger partial charge in [-0.15, -0.1) is 0 Å². The van der Waals surface area contributed by atoms with E-state index in [9.17, 15) is 35.4 Å². The van der Waals surface area contributed by atoms with Crippen molar-refractivity contribution in [1.82, 2.24) is 0 Å². The molecule has 1 fully saturated rings.